The first kappa shape index (κ1) is 21.1. The Balaban J connectivity index is 2.16. The Labute approximate surface area is 151 Å². The number of ether oxygens (including phenoxy) is 2. The van der Waals surface area contributed by atoms with E-state index in [4.69, 9.17) is 14.6 Å². The maximum absolute atomic E-state index is 11.6. The lowest BCUT2D eigenvalue weighted by Crippen LogP contribution is -2.15. The first-order valence-corrected chi connectivity index (χ1v) is 8.26. The Morgan fingerprint density at radius 2 is 1.73 bits per heavy atom. The number of rotatable bonds is 10. The highest BCUT2D eigenvalue weighted by molar-refractivity contribution is 5.90. The quantitative estimate of drug-likeness (QED) is 0.295. The maximum atomic E-state index is 11.6. The van der Waals surface area contributed by atoms with Gasteiger partial charge in [-0.2, -0.15) is 0 Å². The lowest BCUT2D eigenvalue weighted by molar-refractivity contribution is -0.159. The summed E-state index contributed by atoms with van der Waals surface area (Å²) in [5, 5.41) is 8.40. The zero-order chi connectivity index (χ0) is 19.4. The minimum atomic E-state index is -1.23. The molecule has 0 aliphatic heterocycles. The van der Waals surface area contributed by atoms with Gasteiger partial charge >= 0.3 is 23.9 Å². The van der Waals surface area contributed by atoms with Gasteiger partial charge in [0.05, 0.1) is 12.5 Å². The number of esters is 3. The van der Waals surface area contributed by atoms with E-state index in [1.807, 2.05) is 6.07 Å². The highest BCUT2D eigenvalue weighted by Crippen LogP contribution is 2.08. The number of benzene rings is 1. The van der Waals surface area contributed by atoms with Crippen LogP contribution in [0.15, 0.2) is 42.5 Å². The number of carboxylic acids is 1. The van der Waals surface area contributed by atoms with Gasteiger partial charge in [0.1, 0.15) is 0 Å². The number of aliphatic carboxylic acids is 1. The van der Waals surface area contributed by atoms with Crippen molar-refractivity contribution in [3.63, 3.8) is 0 Å². The van der Waals surface area contributed by atoms with Crippen molar-refractivity contribution >= 4 is 23.9 Å². The molecular formula is C19H22O7. The minimum absolute atomic E-state index is 0.0451. The van der Waals surface area contributed by atoms with Crippen molar-refractivity contribution in [2.24, 2.45) is 0 Å². The predicted octanol–water partition coefficient (Wildman–Crippen LogP) is 2.43. The van der Waals surface area contributed by atoms with Gasteiger partial charge in [0.25, 0.3) is 0 Å². The SMILES string of the molecule is CC(CCCCC(=O)OC(=O)Cc1ccccc1)OC(=O)/C=C\C(=O)O. The molecule has 7 heteroatoms. The van der Waals surface area contributed by atoms with Crippen LogP contribution in [0.3, 0.4) is 0 Å². The largest absolute Gasteiger partial charge is 0.478 e. The zero-order valence-electron chi connectivity index (χ0n) is 14.6. The molecule has 140 valence electrons. The van der Waals surface area contributed by atoms with Gasteiger partial charge < -0.3 is 14.6 Å². The van der Waals surface area contributed by atoms with E-state index in [2.05, 4.69) is 0 Å². The summed E-state index contributed by atoms with van der Waals surface area (Å²) >= 11 is 0. The van der Waals surface area contributed by atoms with Crippen LogP contribution in [-0.2, 0) is 35.1 Å². The average Bonchev–Trinajstić information content (AvgIpc) is 2.57. The lowest BCUT2D eigenvalue weighted by Gasteiger charge is -2.11. The molecule has 0 fully saturated rings. The Morgan fingerprint density at radius 3 is 2.38 bits per heavy atom. The fourth-order valence-corrected chi connectivity index (χ4v) is 2.11. The third-order valence-corrected chi connectivity index (χ3v) is 3.34. The van der Waals surface area contributed by atoms with E-state index < -0.39 is 30.0 Å². The van der Waals surface area contributed by atoms with Crippen molar-refractivity contribution in [3.05, 3.63) is 48.0 Å². The molecule has 1 aromatic carbocycles. The van der Waals surface area contributed by atoms with Crippen LogP contribution >= 0.6 is 0 Å². The van der Waals surface area contributed by atoms with Crippen molar-refractivity contribution in [2.75, 3.05) is 0 Å². The Hall–Kier alpha value is -2.96. The lowest BCUT2D eigenvalue weighted by atomic mass is 10.1. The molecule has 26 heavy (non-hydrogen) atoms. The molecule has 0 heterocycles. The van der Waals surface area contributed by atoms with E-state index in [1.165, 1.54) is 0 Å². The van der Waals surface area contributed by atoms with E-state index in [9.17, 15) is 19.2 Å². The van der Waals surface area contributed by atoms with E-state index in [1.54, 1.807) is 31.2 Å². The zero-order valence-corrected chi connectivity index (χ0v) is 14.6. The first-order chi connectivity index (χ1) is 12.4. The number of hydrogen-bond donors (Lipinski definition) is 1. The van der Waals surface area contributed by atoms with E-state index in [-0.39, 0.29) is 12.8 Å². The van der Waals surface area contributed by atoms with E-state index in [0.717, 1.165) is 11.6 Å². The van der Waals surface area contributed by atoms with Crippen LogP contribution in [0.5, 0.6) is 0 Å². The third-order valence-electron chi connectivity index (χ3n) is 3.34. The Bertz CT molecular complexity index is 649. The van der Waals surface area contributed by atoms with Crippen LogP contribution in [0.25, 0.3) is 0 Å². The molecule has 0 saturated carbocycles. The van der Waals surface area contributed by atoms with Crippen LogP contribution in [0.2, 0.25) is 0 Å². The van der Waals surface area contributed by atoms with Gasteiger partial charge in [-0.3, -0.25) is 9.59 Å². The summed E-state index contributed by atoms with van der Waals surface area (Å²) in [5.41, 5.74) is 0.776. The molecule has 0 amide bonds. The molecule has 0 saturated heterocycles. The number of carboxylic acid groups (broad SMARTS) is 1. The molecule has 0 aliphatic carbocycles. The summed E-state index contributed by atoms with van der Waals surface area (Å²) in [6.07, 6.45) is 2.88. The van der Waals surface area contributed by atoms with E-state index in [0.29, 0.717) is 25.3 Å². The Kier molecular flexibility index (Phi) is 9.38. The summed E-state index contributed by atoms with van der Waals surface area (Å²) < 4.78 is 9.73. The average molecular weight is 362 g/mol. The highest BCUT2D eigenvalue weighted by Gasteiger charge is 2.12. The fourth-order valence-electron chi connectivity index (χ4n) is 2.11. The third kappa shape index (κ3) is 10.0. The molecule has 1 atom stereocenters. The molecule has 7 nitrogen and oxygen atoms in total. The molecule has 0 radical (unpaired) electrons. The summed E-state index contributed by atoms with van der Waals surface area (Å²) in [4.78, 5) is 44.8. The van der Waals surface area contributed by atoms with Crippen LogP contribution in [0.4, 0.5) is 0 Å². The second-order valence-electron chi connectivity index (χ2n) is 5.67. The Morgan fingerprint density at radius 1 is 1.04 bits per heavy atom. The molecule has 0 aliphatic rings. The molecular weight excluding hydrogens is 340 g/mol. The van der Waals surface area contributed by atoms with Gasteiger partial charge in [-0.15, -0.1) is 0 Å². The second kappa shape index (κ2) is 11.6. The number of unbranched alkanes of at least 4 members (excludes halogenated alkanes) is 1. The van der Waals surface area contributed by atoms with Crippen molar-refractivity contribution in [3.8, 4) is 0 Å². The van der Waals surface area contributed by atoms with Crippen molar-refractivity contribution in [2.45, 2.75) is 45.1 Å². The van der Waals surface area contributed by atoms with Crippen LogP contribution in [0, 0.1) is 0 Å². The number of carbonyl (C=O) groups excluding carboxylic acids is 3. The standard InChI is InChI=1S/C19H22O7/c1-14(25-18(23)12-11-16(20)21)7-5-6-10-17(22)26-19(24)13-15-8-3-2-4-9-15/h2-4,8-9,11-12,14H,5-7,10,13H2,1H3,(H,20,21)/b12-11-. The predicted molar refractivity (Wildman–Crippen MR) is 92.0 cm³/mol. The van der Waals surface area contributed by atoms with Crippen molar-refractivity contribution < 1.29 is 33.8 Å². The fraction of sp³-hybridized carbons (Fsp3) is 0.368. The summed E-state index contributed by atoms with van der Waals surface area (Å²) in [6.45, 7) is 1.67. The van der Waals surface area contributed by atoms with Gasteiger partial charge in [0.15, 0.2) is 0 Å². The van der Waals surface area contributed by atoms with Gasteiger partial charge in [-0.25, -0.2) is 9.59 Å². The monoisotopic (exact) mass is 362 g/mol. The van der Waals surface area contributed by atoms with Gasteiger partial charge in [0.2, 0.25) is 0 Å². The molecule has 0 bridgehead atoms. The highest BCUT2D eigenvalue weighted by atomic mass is 16.6. The summed E-state index contributed by atoms with van der Waals surface area (Å²) in [6, 6.07) is 8.99. The normalized spacial score (nSPS) is 11.7. The molecule has 1 aromatic rings. The van der Waals surface area contributed by atoms with Gasteiger partial charge in [0, 0.05) is 18.6 Å². The molecule has 1 rings (SSSR count). The van der Waals surface area contributed by atoms with E-state index >= 15 is 0 Å². The molecule has 0 spiro atoms. The van der Waals surface area contributed by atoms with Crippen LogP contribution in [-0.4, -0.2) is 35.1 Å². The van der Waals surface area contributed by atoms with Gasteiger partial charge in [-0.1, -0.05) is 30.3 Å². The number of hydrogen-bond acceptors (Lipinski definition) is 6. The number of carbonyl (C=O) groups is 4. The van der Waals surface area contributed by atoms with Crippen molar-refractivity contribution in [1.29, 1.82) is 0 Å². The molecule has 1 unspecified atom stereocenters. The first-order valence-electron chi connectivity index (χ1n) is 8.26. The summed E-state index contributed by atoms with van der Waals surface area (Å²) in [7, 11) is 0. The van der Waals surface area contributed by atoms with Crippen LogP contribution < -0.4 is 0 Å². The van der Waals surface area contributed by atoms with Crippen LogP contribution in [0.1, 0.15) is 38.2 Å². The molecule has 0 aromatic heterocycles. The molecule has 1 N–H and O–H groups in total. The minimum Gasteiger partial charge on any atom is -0.478 e. The topological polar surface area (TPSA) is 107 Å². The second-order valence-corrected chi connectivity index (χ2v) is 5.67. The van der Waals surface area contributed by atoms with Gasteiger partial charge in [-0.05, 0) is 31.7 Å². The summed E-state index contributed by atoms with van der Waals surface area (Å²) in [5.74, 6) is -3.13. The smallest absolute Gasteiger partial charge is 0.331 e. The van der Waals surface area contributed by atoms with Crippen molar-refractivity contribution in [1.82, 2.24) is 0 Å². The maximum Gasteiger partial charge on any atom is 0.331 e.